The molecule has 0 fully saturated rings. The Labute approximate surface area is 109 Å². The third kappa shape index (κ3) is 15.6. The van der Waals surface area contributed by atoms with E-state index in [-0.39, 0.29) is 0 Å². The first-order chi connectivity index (χ1) is 8.27. The standard InChI is InChI=1S/C14H26O2Si/c1-17-13-11-9-7-5-3-2-4-6-8-10-12-14(15)16/h7H,2-6,8-13H2,1H3/p+1. The van der Waals surface area contributed by atoms with E-state index in [0.717, 1.165) is 22.4 Å². The molecule has 0 spiro atoms. The summed E-state index contributed by atoms with van der Waals surface area (Å²) >= 11 is 0. The lowest BCUT2D eigenvalue weighted by atomic mass is 10.1. The molecule has 2 radical (unpaired) electrons. The lowest BCUT2D eigenvalue weighted by Crippen LogP contribution is -1.93. The molecule has 0 aliphatic rings. The number of carbonyl (C=O) groups is 1. The van der Waals surface area contributed by atoms with Gasteiger partial charge in [-0.1, -0.05) is 31.9 Å². The van der Waals surface area contributed by atoms with Gasteiger partial charge in [0.2, 0.25) is 0 Å². The normalized spacial score (nSPS) is 10.4. The molecule has 0 saturated heterocycles. The Bertz CT molecular complexity index is 172. The molecule has 0 unspecified atom stereocenters. The fourth-order valence-corrected chi connectivity index (χ4v) is 2.40. The van der Waals surface area contributed by atoms with Crippen molar-refractivity contribution in [3.8, 4) is 0 Å². The van der Waals surface area contributed by atoms with Crippen molar-refractivity contribution in [1.82, 2.24) is 0 Å². The van der Waals surface area contributed by atoms with Crippen LogP contribution in [-0.4, -0.2) is 20.6 Å². The summed E-state index contributed by atoms with van der Waals surface area (Å²) in [6.45, 7) is 2.27. The minimum atomic E-state index is -0.660. The second kappa shape index (κ2) is 13.6. The second-order valence-electron chi connectivity index (χ2n) is 4.59. The number of carboxylic acid groups (broad SMARTS) is 1. The van der Waals surface area contributed by atoms with Crippen molar-refractivity contribution in [2.24, 2.45) is 0 Å². The van der Waals surface area contributed by atoms with Crippen LogP contribution in [0.3, 0.4) is 0 Å². The summed E-state index contributed by atoms with van der Waals surface area (Å²) in [6.07, 6.45) is 13.7. The van der Waals surface area contributed by atoms with Gasteiger partial charge in [0.25, 0.3) is 0 Å². The average molecular weight is 255 g/mol. The van der Waals surface area contributed by atoms with E-state index in [1.165, 1.54) is 51.0 Å². The van der Waals surface area contributed by atoms with Crippen LogP contribution in [0.25, 0.3) is 0 Å². The molecule has 0 saturated carbocycles. The van der Waals surface area contributed by atoms with Gasteiger partial charge < -0.3 is 5.11 Å². The smallest absolute Gasteiger partial charge is 0.303 e. The predicted octanol–water partition coefficient (Wildman–Crippen LogP) is 4.35. The first-order valence-corrected chi connectivity index (χ1v) is 8.66. The molecule has 17 heavy (non-hydrogen) atoms. The molecule has 0 aliphatic heterocycles. The number of aliphatic carboxylic acids is 1. The summed E-state index contributed by atoms with van der Waals surface area (Å²) in [5.74, 6) is -0.660. The molecule has 0 aromatic carbocycles. The number of hydrogen-bond donors (Lipinski definition) is 1. The predicted molar refractivity (Wildman–Crippen MR) is 74.5 cm³/mol. The highest BCUT2D eigenvalue weighted by Crippen LogP contribution is 2.11. The lowest BCUT2D eigenvalue weighted by Gasteiger charge is -1.98. The van der Waals surface area contributed by atoms with Gasteiger partial charge in [0.05, 0.1) is 19.3 Å². The molecule has 0 aromatic rings. The molecule has 0 amide bonds. The first kappa shape index (κ1) is 16.6. The first-order valence-electron chi connectivity index (χ1n) is 6.95. The van der Waals surface area contributed by atoms with Crippen LogP contribution >= 0.6 is 0 Å². The molecule has 0 aliphatic carbocycles. The Morgan fingerprint density at radius 1 is 1.00 bits per heavy atom. The van der Waals surface area contributed by atoms with Gasteiger partial charge in [-0.2, -0.15) is 0 Å². The fraction of sp³-hybridized carbons (Fsp3) is 0.857. The molecule has 3 heteroatoms. The molecule has 0 aromatic heterocycles. The Balaban J connectivity index is 2.91. The maximum atomic E-state index is 10.3. The van der Waals surface area contributed by atoms with Gasteiger partial charge in [0.15, 0.2) is 0 Å². The van der Waals surface area contributed by atoms with E-state index in [1.807, 2.05) is 0 Å². The summed E-state index contributed by atoms with van der Waals surface area (Å²) in [5.41, 5.74) is 0. The summed E-state index contributed by atoms with van der Waals surface area (Å²) < 4.78 is 0. The Kier molecular flexibility index (Phi) is 13.3. The van der Waals surface area contributed by atoms with Gasteiger partial charge >= 0.3 is 5.97 Å². The molecule has 0 heterocycles. The van der Waals surface area contributed by atoms with Crippen LogP contribution in [0.5, 0.6) is 0 Å². The van der Waals surface area contributed by atoms with Gasteiger partial charge in [-0.05, 0) is 25.7 Å². The Morgan fingerprint density at radius 2 is 1.59 bits per heavy atom. The van der Waals surface area contributed by atoms with Crippen molar-refractivity contribution in [3.05, 3.63) is 6.42 Å². The van der Waals surface area contributed by atoms with Crippen LogP contribution in [0.2, 0.25) is 12.6 Å². The van der Waals surface area contributed by atoms with Crippen molar-refractivity contribution in [3.63, 3.8) is 0 Å². The van der Waals surface area contributed by atoms with E-state index >= 15 is 0 Å². The van der Waals surface area contributed by atoms with E-state index in [4.69, 9.17) is 5.11 Å². The summed E-state index contributed by atoms with van der Waals surface area (Å²) in [6, 6.07) is 1.39. The average Bonchev–Trinajstić information content (AvgIpc) is 2.30. The summed E-state index contributed by atoms with van der Waals surface area (Å²) in [7, 11) is 1.11. The third-order valence-corrected chi connectivity index (χ3v) is 3.74. The molecule has 1 N–H and O–H groups in total. The summed E-state index contributed by atoms with van der Waals surface area (Å²) in [5, 5.41) is 8.47. The van der Waals surface area contributed by atoms with Crippen LogP contribution < -0.4 is 0 Å². The van der Waals surface area contributed by atoms with E-state index < -0.39 is 5.97 Å². The maximum Gasteiger partial charge on any atom is 0.303 e. The number of unbranched alkanes of at least 4 members (excludes halogenated alkanes) is 9. The minimum Gasteiger partial charge on any atom is -0.481 e. The highest BCUT2D eigenvalue weighted by atomic mass is 28.2. The zero-order valence-corrected chi connectivity index (χ0v) is 12.2. The van der Waals surface area contributed by atoms with Crippen LogP contribution in [-0.2, 0) is 4.79 Å². The Morgan fingerprint density at radius 3 is 2.24 bits per heavy atom. The zero-order valence-electron chi connectivity index (χ0n) is 11.2. The van der Waals surface area contributed by atoms with Gasteiger partial charge in [-0.15, -0.1) is 0 Å². The second-order valence-corrected chi connectivity index (χ2v) is 5.80. The fourth-order valence-electron chi connectivity index (χ4n) is 1.84. The number of rotatable bonds is 13. The maximum absolute atomic E-state index is 10.3. The van der Waals surface area contributed by atoms with Crippen molar-refractivity contribution in [2.75, 3.05) is 0 Å². The molecule has 0 bridgehead atoms. The van der Waals surface area contributed by atoms with Crippen LogP contribution in [0.15, 0.2) is 0 Å². The SMILES string of the molecule is C[Si]CCC[CH+]CCCCCCCCC(=O)O. The largest absolute Gasteiger partial charge is 0.481 e. The van der Waals surface area contributed by atoms with Gasteiger partial charge in [-0.25, -0.2) is 0 Å². The van der Waals surface area contributed by atoms with Crippen molar-refractivity contribution >= 4 is 15.5 Å². The molecule has 0 atom stereocenters. The number of carboxylic acids is 1. The number of hydrogen-bond acceptors (Lipinski definition) is 1. The molecular formula is C14H27O2Si+. The van der Waals surface area contributed by atoms with Crippen LogP contribution in [0, 0.1) is 6.42 Å². The van der Waals surface area contributed by atoms with E-state index in [1.54, 1.807) is 0 Å². The molecule has 2 nitrogen and oxygen atoms in total. The molecular weight excluding hydrogens is 228 g/mol. The van der Waals surface area contributed by atoms with Crippen molar-refractivity contribution in [2.45, 2.75) is 76.8 Å². The highest BCUT2D eigenvalue weighted by Gasteiger charge is 2.00. The monoisotopic (exact) mass is 255 g/mol. The van der Waals surface area contributed by atoms with Gasteiger partial charge in [0.1, 0.15) is 0 Å². The Hall–Kier alpha value is -0.443. The van der Waals surface area contributed by atoms with Crippen LogP contribution in [0.1, 0.15) is 64.2 Å². The van der Waals surface area contributed by atoms with Crippen LogP contribution in [0.4, 0.5) is 0 Å². The lowest BCUT2D eigenvalue weighted by molar-refractivity contribution is -0.137. The van der Waals surface area contributed by atoms with Gasteiger partial charge in [0, 0.05) is 15.9 Å². The zero-order chi connectivity index (χ0) is 12.8. The van der Waals surface area contributed by atoms with Crippen molar-refractivity contribution in [1.29, 1.82) is 0 Å². The quantitative estimate of drug-likeness (QED) is 0.302. The van der Waals surface area contributed by atoms with E-state index in [2.05, 4.69) is 13.0 Å². The minimum absolute atomic E-state index is 0.339. The highest BCUT2D eigenvalue weighted by molar-refractivity contribution is 6.33. The van der Waals surface area contributed by atoms with Gasteiger partial charge in [-0.3, -0.25) is 4.79 Å². The molecule has 0 rings (SSSR count). The molecule has 98 valence electrons. The van der Waals surface area contributed by atoms with Crippen molar-refractivity contribution < 1.29 is 9.90 Å². The van der Waals surface area contributed by atoms with E-state index in [9.17, 15) is 4.79 Å². The third-order valence-electron chi connectivity index (χ3n) is 2.88. The summed E-state index contributed by atoms with van der Waals surface area (Å²) in [4.78, 5) is 10.3. The topological polar surface area (TPSA) is 37.3 Å². The van der Waals surface area contributed by atoms with E-state index in [0.29, 0.717) is 6.42 Å².